The molecule has 1 unspecified atom stereocenters. The maximum Gasteiger partial charge on any atom is 0.140 e. The highest BCUT2D eigenvalue weighted by molar-refractivity contribution is 9.10. The van der Waals surface area contributed by atoms with Gasteiger partial charge in [-0.2, -0.15) is 5.10 Å². The van der Waals surface area contributed by atoms with Crippen molar-refractivity contribution in [2.24, 2.45) is 0 Å². The molecule has 1 aliphatic heterocycles. The molecule has 5 nitrogen and oxygen atoms in total. The van der Waals surface area contributed by atoms with Crippen LogP contribution in [0.2, 0.25) is 0 Å². The molecular formula is C27H26BrFN4O. The first-order chi connectivity index (χ1) is 16.6. The van der Waals surface area contributed by atoms with Crippen LogP contribution in [0, 0.1) is 5.82 Å². The van der Waals surface area contributed by atoms with E-state index in [0.29, 0.717) is 6.61 Å². The van der Waals surface area contributed by atoms with Crippen LogP contribution in [0.3, 0.4) is 0 Å². The van der Waals surface area contributed by atoms with Crippen molar-refractivity contribution < 1.29 is 9.13 Å². The van der Waals surface area contributed by atoms with Crippen molar-refractivity contribution in [1.29, 1.82) is 0 Å². The highest BCUT2D eigenvalue weighted by atomic mass is 79.9. The summed E-state index contributed by atoms with van der Waals surface area (Å²) in [5.74, 6) is -0.263. The van der Waals surface area contributed by atoms with E-state index >= 15 is 0 Å². The maximum atomic E-state index is 13.6. The molecule has 0 aliphatic carbocycles. The van der Waals surface area contributed by atoms with E-state index in [1.54, 1.807) is 12.1 Å². The van der Waals surface area contributed by atoms with Crippen molar-refractivity contribution in [2.45, 2.75) is 12.6 Å². The number of nitrogens with one attached hydrogen (secondary N) is 1. The molecule has 34 heavy (non-hydrogen) atoms. The van der Waals surface area contributed by atoms with Crippen molar-refractivity contribution in [1.82, 2.24) is 14.7 Å². The van der Waals surface area contributed by atoms with Crippen molar-refractivity contribution in [2.75, 3.05) is 32.1 Å². The minimum Gasteiger partial charge on any atom is -0.388 e. The average molecular weight is 521 g/mol. The van der Waals surface area contributed by atoms with Crippen LogP contribution in [0.15, 0.2) is 83.5 Å². The van der Waals surface area contributed by atoms with Crippen molar-refractivity contribution >= 4 is 21.6 Å². The number of rotatable bonds is 7. The summed E-state index contributed by atoms with van der Waals surface area (Å²) < 4.78 is 22.7. The Labute approximate surface area is 207 Å². The summed E-state index contributed by atoms with van der Waals surface area (Å²) in [7, 11) is 1.92. The zero-order valence-corrected chi connectivity index (χ0v) is 20.5. The van der Waals surface area contributed by atoms with Crippen LogP contribution >= 0.6 is 15.9 Å². The summed E-state index contributed by atoms with van der Waals surface area (Å²) in [5, 5.41) is 8.05. The first-order valence-electron chi connectivity index (χ1n) is 11.3. The quantitative estimate of drug-likeness (QED) is 0.321. The number of halogens is 2. The molecule has 1 fully saturated rings. The third kappa shape index (κ3) is 4.92. The molecule has 0 bridgehead atoms. The van der Waals surface area contributed by atoms with Crippen molar-refractivity contribution in [3.05, 3.63) is 100 Å². The number of benzene rings is 3. The molecule has 0 amide bonds. The molecule has 5 rings (SSSR count). The third-order valence-electron chi connectivity index (χ3n) is 6.13. The fourth-order valence-electron chi connectivity index (χ4n) is 4.26. The van der Waals surface area contributed by atoms with E-state index in [2.05, 4.69) is 50.4 Å². The lowest BCUT2D eigenvalue weighted by atomic mass is 10.1. The van der Waals surface area contributed by atoms with Crippen LogP contribution < -0.4 is 5.32 Å². The summed E-state index contributed by atoms with van der Waals surface area (Å²) in [6.45, 7) is 2.39. The lowest BCUT2D eigenvalue weighted by Crippen LogP contribution is -2.26. The van der Waals surface area contributed by atoms with Gasteiger partial charge in [0.05, 0.1) is 18.0 Å². The molecule has 1 atom stereocenters. The fraction of sp³-hybridized carbons (Fsp3) is 0.222. The van der Waals surface area contributed by atoms with Gasteiger partial charge >= 0.3 is 0 Å². The Kier molecular flexibility index (Phi) is 6.76. The third-order valence-corrected chi connectivity index (χ3v) is 6.66. The van der Waals surface area contributed by atoms with Gasteiger partial charge in [0, 0.05) is 47.6 Å². The standard InChI is InChI=1S/C27H26BrFN4O/c1-30-23-10-2-19(3-11-23)14-15-32-16-17-34-27(32)25-18-33(24-12-6-21(28)7-13-24)31-26(25)20-4-8-22(29)9-5-20/h2-13,18,27,30H,14-17H2,1H3. The van der Waals surface area contributed by atoms with Gasteiger partial charge in [-0.15, -0.1) is 0 Å². The molecule has 4 aromatic rings. The second-order valence-corrected chi connectivity index (χ2v) is 9.23. The maximum absolute atomic E-state index is 13.6. The van der Waals surface area contributed by atoms with Gasteiger partial charge in [-0.05, 0) is 72.6 Å². The summed E-state index contributed by atoms with van der Waals surface area (Å²) in [5.41, 5.74) is 6.00. The number of aromatic nitrogens is 2. The molecule has 1 aliphatic rings. The van der Waals surface area contributed by atoms with E-state index in [-0.39, 0.29) is 12.0 Å². The molecule has 3 aromatic carbocycles. The monoisotopic (exact) mass is 520 g/mol. The molecule has 0 saturated carbocycles. The summed E-state index contributed by atoms with van der Waals surface area (Å²) in [6.07, 6.45) is 2.75. The van der Waals surface area contributed by atoms with E-state index < -0.39 is 0 Å². The highest BCUT2D eigenvalue weighted by Crippen LogP contribution is 2.35. The lowest BCUT2D eigenvalue weighted by Gasteiger charge is -2.23. The Morgan fingerprint density at radius 2 is 1.76 bits per heavy atom. The van der Waals surface area contributed by atoms with Gasteiger partial charge in [0.1, 0.15) is 12.0 Å². The van der Waals surface area contributed by atoms with Gasteiger partial charge in [-0.25, -0.2) is 9.07 Å². The van der Waals surface area contributed by atoms with Crippen molar-refractivity contribution in [3.8, 4) is 16.9 Å². The SMILES string of the molecule is CNc1ccc(CCN2CCOC2c2cn(-c3ccc(Br)cc3)nc2-c2ccc(F)cc2)cc1. The minimum atomic E-state index is -0.263. The number of anilines is 1. The zero-order chi connectivity index (χ0) is 23.5. The molecule has 0 spiro atoms. The van der Waals surface area contributed by atoms with Crippen LogP contribution in [0.5, 0.6) is 0 Å². The topological polar surface area (TPSA) is 42.3 Å². The molecule has 174 valence electrons. The van der Waals surface area contributed by atoms with Crippen molar-refractivity contribution in [3.63, 3.8) is 0 Å². The Bertz CT molecular complexity index is 1240. The first-order valence-corrected chi connectivity index (χ1v) is 12.1. The molecule has 1 N–H and O–H groups in total. The Balaban J connectivity index is 1.45. The Hall–Kier alpha value is -3.00. The molecule has 1 saturated heterocycles. The predicted molar refractivity (Wildman–Crippen MR) is 137 cm³/mol. The first kappa shape index (κ1) is 22.8. The Morgan fingerprint density at radius 3 is 2.47 bits per heavy atom. The van der Waals surface area contributed by atoms with E-state index in [1.165, 1.54) is 17.7 Å². The fourth-order valence-corrected chi connectivity index (χ4v) is 4.52. The Morgan fingerprint density at radius 1 is 1.03 bits per heavy atom. The van der Waals surface area contributed by atoms with Crippen LogP contribution in [-0.2, 0) is 11.2 Å². The number of nitrogens with zero attached hydrogens (tertiary/aromatic N) is 3. The van der Waals surface area contributed by atoms with E-state index in [1.807, 2.05) is 42.2 Å². The van der Waals surface area contributed by atoms with Crippen LogP contribution in [-0.4, -0.2) is 41.4 Å². The van der Waals surface area contributed by atoms with Crippen LogP contribution in [0.25, 0.3) is 16.9 Å². The molecule has 0 radical (unpaired) electrons. The number of hydrogen-bond donors (Lipinski definition) is 1. The van der Waals surface area contributed by atoms with Gasteiger partial charge < -0.3 is 10.1 Å². The minimum absolute atomic E-state index is 0.208. The normalized spacial score (nSPS) is 16.1. The van der Waals surface area contributed by atoms with Gasteiger partial charge in [0.25, 0.3) is 0 Å². The predicted octanol–water partition coefficient (Wildman–Crippen LogP) is 6.06. The average Bonchev–Trinajstić information content (AvgIpc) is 3.51. The van der Waals surface area contributed by atoms with Crippen LogP contribution in [0.4, 0.5) is 10.1 Å². The van der Waals surface area contributed by atoms with Gasteiger partial charge in [0.15, 0.2) is 0 Å². The molecule has 1 aromatic heterocycles. The molecule has 2 heterocycles. The van der Waals surface area contributed by atoms with E-state index in [4.69, 9.17) is 9.84 Å². The largest absolute Gasteiger partial charge is 0.388 e. The second-order valence-electron chi connectivity index (χ2n) is 8.32. The highest BCUT2D eigenvalue weighted by Gasteiger charge is 2.31. The number of hydrogen-bond acceptors (Lipinski definition) is 4. The lowest BCUT2D eigenvalue weighted by molar-refractivity contribution is 0.0336. The van der Waals surface area contributed by atoms with Gasteiger partial charge in [0.2, 0.25) is 0 Å². The zero-order valence-electron chi connectivity index (χ0n) is 18.9. The van der Waals surface area contributed by atoms with Gasteiger partial charge in [-0.3, -0.25) is 4.90 Å². The van der Waals surface area contributed by atoms with Crippen LogP contribution in [0.1, 0.15) is 17.4 Å². The van der Waals surface area contributed by atoms with E-state index in [0.717, 1.165) is 52.2 Å². The molecule has 7 heteroatoms. The summed E-state index contributed by atoms with van der Waals surface area (Å²) in [4.78, 5) is 2.35. The summed E-state index contributed by atoms with van der Waals surface area (Å²) >= 11 is 3.49. The van der Waals surface area contributed by atoms with E-state index in [9.17, 15) is 4.39 Å². The van der Waals surface area contributed by atoms with Gasteiger partial charge in [-0.1, -0.05) is 28.1 Å². The smallest absolute Gasteiger partial charge is 0.140 e. The molecular weight excluding hydrogens is 495 g/mol. The number of ether oxygens (including phenoxy) is 1. The second kappa shape index (κ2) is 10.1. The summed E-state index contributed by atoms with van der Waals surface area (Å²) in [6, 6.07) is 23.0.